The van der Waals surface area contributed by atoms with E-state index in [1.165, 1.54) is 12.3 Å². The van der Waals surface area contributed by atoms with E-state index in [2.05, 4.69) is 40.7 Å². The summed E-state index contributed by atoms with van der Waals surface area (Å²) in [6.45, 7) is 14.8. The predicted octanol–water partition coefficient (Wildman–Crippen LogP) is 3.37. The van der Waals surface area contributed by atoms with Gasteiger partial charge in [0.2, 0.25) is 0 Å². The minimum atomic E-state index is -1.30. The molecule has 0 N–H and O–H groups in total. The summed E-state index contributed by atoms with van der Waals surface area (Å²) in [7, 11) is 0. The summed E-state index contributed by atoms with van der Waals surface area (Å²) in [4.78, 5) is 0. The van der Waals surface area contributed by atoms with Gasteiger partial charge in [-0.2, -0.15) is 0 Å². The molecule has 11 heavy (non-hydrogen) atoms. The van der Waals surface area contributed by atoms with E-state index in [4.69, 9.17) is 0 Å². The molecule has 1 fully saturated rings. The summed E-state index contributed by atoms with van der Waals surface area (Å²) >= 11 is 0. The molecule has 1 saturated heterocycles. The van der Waals surface area contributed by atoms with E-state index in [1.54, 1.807) is 5.31 Å². The van der Waals surface area contributed by atoms with Gasteiger partial charge in [-0.15, -0.1) is 0 Å². The Morgan fingerprint density at radius 3 is 1.64 bits per heavy atom. The molecule has 1 heteroatoms. The molecule has 0 unspecified atom stereocenters. The van der Waals surface area contributed by atoms with Gasteiger partial charge in [0.05, 0.1) is 0 Å². The SMILES string of the molecule is C=C(C(C)(C)C)P1(C)(C)CC1. The van der Waals surface area contributed by atoms with Gasteiger partial charge in [-0.3, -0.25) is 0 Å². The van der Waals surface area contributed by atoms with Crippen LogP contribution in [0, 0.1) is 5.41 Å². The fourth-order valence-electron chi connectivity index (χ4n) is 1.67. The molecule has 0 saturated carbocycles. The molecule has 0 atom stereocenters. The first-order valence-corrected chi connectivity index (χ1v) is 7.86. The van der Waals surface area contributed by atoms with Gasteiger partial charge in [-0.25, -0.2) is 0 Å². The number of hydrogen-bond donors (Lipinski definition) is 0. The molecule has 0 aliphatic carbocycles. The zero-order valence-electron chi connectivity index (χ0n) is 8.57. The van der Waals surface area contributed by atoms with Crippen molar-refractivity contribution in [3.63, 3.8) is 0 Å². The third-order valence-electron chi connectivity index (χ3n) is 3.13. The van der Waals surface area contributed by atoms with E-state index in [1.807, 2.05) is 0 Å². The number of hydrogen-bond acceptors (Lipinski definition) is 0. The molecule has 66 valence electrons. The second kappa shape index (κ2) is 1.91. The zero-order valence-corrected chi connectivity index (χ0v) is 9.46. The average Bonchev–Trinajstić information content (AvgIpc) is 2.41. The van der Waals surface area contributed by atoms with Crippen molar-refractivity contribution in [2.75, 3.05) is 25.7 Å². The van der Waals surface area contributed by atoms with Gasteiger partial charge in [-0.1, -0.05) is 0 Å². The first-order valence-electron chi connectivity index (χ1n) is 4.35. The van der Waals surface area contributed by atoms with Crippen LogP contribution in [0.4, 0.5) is 0 Å². The van der Waals surface area contributed by atoms with Gasteiger partial charge in [-0.05, 0) is 0 Å². The molecule has 0 amide bonds. The molecule has 0 spiro atoms. The quantitative estimate of drug-likeness (QED) is 0.532. The van der Waals surface area contributed by atoms with E-state index in [0.29, 0.717) is 5.41 Å². The van der Waals surface area contributed by atoms with Crippen LogP contribution in [0.3, 0.4) is 0 Å². The number of allylic oxidation sites excluding steroid dienone is 1. The first kappa shape index (κ1) is 9.26. The molecule has 0 aromatic rings. The Morgan fingerprint density at radius 1 is 1.18 bits per heavy atom. The maximum atomic E-state index is 4.29. The second-order valence-corrected chi connectivity index (χ2v) is 12.7. The van der Waals surface area contributed by atoms with Crippen molar-refractivity contribution < 1.29 is 0 Å². The van der Waals surface area contributed by atoms with Crippen molar-refractivity contribution in [3.05, 3.63) is 11.9 Å². The topological polar surface area (TPSA) is 0 Å². The Morgan fingerprint density at radius 2 is 1.55 bits per heavy atom. The second-order valence-electron chi connectivity index (χ2n) is 5.84. The average molecular weight is 172 g/mol. The summed E-state index contributed by atoms with van der Waals surface area (Å²) in [5, 5.41) is 1.54. The van der Waals surface area contributed by atoms with Crippen LogP contribution < -0.4 is 0 Å². The molecule has 1 rings (SSSR count). The fraction of sp³-hybridized carbons (Fsp3) is 0.800. The normalized spacial score (nSPS) is 30.1. The predicted molar refractivity (Wildman–Crippen MR) is 57.1 cm³/mol. The molecule has 0 bridgehead atoms. The van der Waals surface area contributed by atoms with Crippen molar-refractivity contribution in [1.29, 1.82) is 0 Å². The van der Waals surface area contributed by atoms with Crippen LogP contribution in [0.5, 0.6) is 0 Å². The molecule has 0 aromatic heterocycles. The molecular weight excluding hydrogens is 151 g/mol. The summed E-state index contributed by atoms with van der Waals surface area (Å²) < 4.78 is 0. The summed E-state index contributed by atoms with van der Waals surface area (Å²) in [5.74, 6) is 0. The Kier molecular flexibility index (Phi) is 1.61. The van der Waals surface area contributed by atoms with E-state index in [-0.39, 0.29) is 0 Å². The van der Waals surface area contributed by atoms with Gasteiger partial charge in [0, 0.05) is 0 Å². The fourth-order valence-corrected chi connectivity index (χ4v) is 6.50. The van der Waals surface area contributed by atoms with Crippen LogP contribution in [0.15, 0.2) is 11.9 Å². The van der Waals surface area contributed by atoms with Gasteiger partial charge in [0.1, 0.15) is 0 Å². The molecule has 0 radical (unpaired) electrons. The van der Waals surface area contributed by atoms with E-state index >= 15 is 0 Å². The van der Waals surface area contributed by atoms with Crippen molar-refractivity contribution in [2.24, 2.45) is 5.41 Å². The van der Waals surface area contributed by atoms with Gasteiger partial charge in [0.25, 0.3) is 0 Å². The Bertz CT molecular complexity index is 197. The van der Waals surface area contributed by atoms with Crippen molar-refractivity contribution in [3.8, 4) is 0 Å². The molecular formula is C10H21P. The summed E-state index contributed by atoms with van der Waals surface area (Å²) in [6.07, 6.45) is 2.89. The van der Waals surface area contributed by atoms with Crippen LogP contribution in [0.2, 0.25) is 0 Å². The van der Waals surface area contributed by atoms with Gasteiger partial charge < -0.3 is 0 Å². The Labute approximate surface area is 71.0 Å². The molecule has 0 nitrogen and oxygen atoms in total. The molecule has 1 heterocycles. The van der Waals surface area contributed by atoms with E-state index in [0.717, 1.165) is 0 Å². The molecule has 0 aromatic carbocycles. The van der Waals surface area contributed by atoms with Gasteiger partial charge in [0.15, 0.2) is 0 Å². The van der Waals surface area contributed by atoms with E-state index < -0.39 is 6.60 Å². The van der Waals surface area contributed by atoms with Crippen LogP contribution in [-0.4, -0.2) is 25.7 Å². The van der Waals surface area contributed by atoms with Crippen molar-refractivity contribution in [1.82, 2.24) is 0 Å². The molecule has 1 aliphatic rings. The van der Waals surface area contributed by atoms with Crippen molar-refractivity contribution in [2.45, 2.75) is 20.8 Å². The van der Waals surface area contributed by atoms with Crippen LogP contribution in [0.1, 0.15) is 20.8 Å². The zero-order chi connectivity index (χ0) is 8.94. The maximum absolute atomic E-state index is 4.29. The summed E-state index contributed by atoms with van der Waals surface area (Å²) in [6, 6.07) is 0. The standard InChI is InChI=1S/C10H21P/c1-9(10(2,3)4)11(5,6)7-8-11/h1,7-8H2,2-6H3. The van der Waals surface area contributed by atoms with Crippen molar-refractivity contribution >= 4 is 6.60 Å². The Balaban J connectivity index is 2.87. The third kappa shape index (κ3) is 1.51. The minimum absolute atomic E-state index is 0.331. The van der Waals surface area contributed by atoms with Gasteiger partial charge >= 0.3 is 70.3 Å². The summed E-state index contributed by atoms with van der Waals surface area (Å²) in [5.41, 5.74) is 0.331. The first-order chi connectivity index (χ1) is 4.65. The van der Waals surface area contributed by atoms with Crippen LogP contribution in [0.25, 0.3) is 0 Å². The number of rotatable bonds is 1. The monoisotopic (exact) mass is 172 g/mol. The third-order valence-corrected chi connectivity index (χ3v) is 8.33. The Hall–Kier alpha value is 0.170. The van der Waals surface area contributed by atoms with E-state index in [9.17, 15) is 0 Å². The van der Waals surface area contributed by atoms with Crippen LogP contribution >= 0.6 is 6.60 Å². The molecule has 1 aliphatic heterocycles. The van der Waals surface area contributed by atoms with Crippen LogP contribution in [-0.2, 0) is 0 Å².